The van der Waals surface area contributed by atoms with E-state index in [9.17, 15) is 4.79 Å². The Labute approximate surface area is 199 Å². The predicted octanol–water partition coefficient (Wildman–Crippen LogP) is 3.84. The maximum absolute atomic E-state index is 12.7. The van der Waals surface area contributed by atoms with E-state index in [1.807, 2.05) is 61.7 Å². The second-order valence-corrected chi connectivity index (χ2v) is 8.44. The van der Waals surface area contributed by atoms with Crippen LogP contribution in [0, 0.1) is 6.92 Å². The summed E-state index contributed by atoms with van der Waals surface area (Å²) in [5.41, 5.74) is 3.89. The monoisotopic (exact) mass is 463 g/mol. The summed E-state index contributed by atoms with van der Waals surface area (Å²) in [5.74, 6) is -0.0399. The minimum absolute atomic E-state index is 0.0399. The van der Waals surface area contributed by atoms with E-state index in [2.05, 4.69) is 31.2 Å². The molecule has 0 aliphatic carbocycles. The third-order valence-electron chi connectivity index (χ3n) is 5.90. The Morgan fingerprint density at radius 3 is 2.73 bits per heavy atom. The lowest BCUT2D eigenvalue weighted by molar-refractivity contribution is -0.116. The van der Waals surface area contributed by atoms with Crippen molar-refractivity contribution in [2.75, 3.05) is 25.6 Å². The van der Waals surface area contributed by atoms with Crippen LogP contribution in [0.5, 0.6) is 0 Å². The van der Waals surface area contributed by atoms with E-state index in [1.165, 1.54) is 0 Å². The molecule has 0 unspecified atom stereocenters. The number of hydrogen-bond acceptors (Lipinski definition) is 4. The fourth-order valence-corrected chi connectivity index (χ4v) is 4.54. The third kappa shape index (κ3) is 5.23. The van der Waals surface area contributed by atoms with Gasteiger partial charge in [0.05, 0.1) is 24.4 Å². The summed E-state index contributed by atoms with van der Waals surface area (Å²) in [5, 5.41) is 7.08. The molecule has 4 rings (SSSR count). The second kappa shape index (κ2) is 10.6. The molecule has 172 valence electrons. The molecule has 0 spiro atoms. The lowest BCUT2D eigenvalue weighted by atomic mass is 10.0. The maximum atomic E-state index is 12.7. The number of carbonyl (C=O) groups excluding carboxylic acids is 1. The molecule has 1 aliphatic heterocycles. The van der Waals surface area contributed by atoms with Gasteiger partial charge in [0.15, 0.2) is 5.11 Å². The van der Waals surface area contributed by atoms with Gasteiger partial charge in [-0.25, -0.2) is 0 Å². The Bertz CT molecular complexity index is 1100. The number of methoxy groups -OCH3 is 1. The van der Waals surface area contributed by atoms with Crippen molar-refractivity contribution >= 4 is 28.9 Å². The summed E-state index contributed by atoms with van der Waals surface area (Å²) in [6.07, 6.45) is 4.16. The first kappa shape index (κ1) is 22.9. The predicted molar refractivity (Wildman–Crippen MR) is 133 cm³/mol. The van der Waals surface area contributed by atoms with Gasteiger partial charge in [-0.1, -0.05) is 24.3 Å². The molecule has 3 aromatic rings. The number of benzene rings is 1. The number of amides is 1. The fraction of sp³-hybridized carbons (Fsp3) is 0.320. The van der Waals surface area contributed by atoms with Crippen molar-refractivity contribution in [3.63, 3.8) is 0 Å². The largest absolute Gasteiger partial charge is 0.383 e. The van der Waals surface area contributed by atoms with Crippen LogP contribution in [0.2, 0.25) is 0 Å². The minimum Gasteiger partial charge on any atom is -0.383 e. The smallest absolute Gasteiger partial charge is 0.226 e. The Balaban J connectivity index is 1.56. The van der Waals surface area contributed by atoms with Crippen molar-refractivity contribution in [3.05, 3.63) is 83.9 Å². The summed E-state index contributed by atoms with van der Waals surface area (Å²) >= 11 is 5.72. The van der Waals surface area contributed by atoms with Gasteiger partial charge < -0.3 is 24.8 Å². The van der Waals surface area contributed by atoms with Crippen molar-refractivity contribution in [1.29, 1.82) is 0 Å². The molecule has 7 nitrogen and oxygen atoms in total. The van der Waals surface area contributed by atoms with Crippen LogP contribution in [0.1, 0.15) is 35.5 Å². The Kier molecular flexibility index (Phi) is 7.36. The molecule has 1 fully saturated rings. The van der Waals surface area contributed by atoms with Gasteiger partial charge in [-0.15, -0.1) is 0 Å². The summed E-state index contributed by atoms with van der Waals surface area (Å²) in [6, 6.07) is 17.6. The van der Waals surface area contributed by atoms with Crippen LogP contribution in [-0.2, 0) is 16.1 Å². The number of ether oxygens (including phenoxy) is 1. The van der Waals surface area contributed by atoms with E-state index in [4.69, 9.17) is 17.0 Å². The molecule has 1 amide bonds. The highest BCUT2D eigenvalue weighted by Gasteiger charge is 2.41. The molecule has 0 saturated carbocycles. The molecule has 2 N–H and O–H groups in total. The van der Waals surface area contributed by atoms with Crippen molar-refractivity contribution in [2.24, 2.45) is 0 Å². The summed E-state index contributed by atoms with van der Waals surface area (Å²) in [6.45, 7) is 3.82. The van der Waals surface area contributed by atoms with E-state index in [-0.39, 0.29) is 18.0 Å². The number of thiocarbonyl (C=S) groups is 1. The van der Waals surface area contributed by atoms with Gasteiger partial charge in [0.1, 0.15) is 0 Å². The summed E-state index contributed by atoms with van der Waals surface area (Å²) in [4.78, 5) is 19.4. The van der Waals surface area contributed by atoms with E-state index in [1.54, 1.807) is 13.3 Å². The molecule has 8 heteroatoms. The number of anilines is 1. The van der Waals surface area contributed by atoms with Crippen LogP contribution in [0.3, 0.4) is 0 Å². The second-order valence-electron chi connectivity index (χ2n) is 8.05. The van der Waals surface area contributed by atoms with Crippen LogP contribution in [0.15, 0.2) is 67.0 Å². The Morgan fingerprint density at radius 1 is 1.15 bits per heavy atom. The van der Waals surface area contributed by atoms with Crippen LogP contribution in [0.4, 0.5) is 5.69 Å². The number of carbonyl (C=O) groups is 1. The van der Waals surface area contributed by atoms with Crippen LogP contribution >= 0.6 is 12.2 Å². The number of nitrogens with zero attached hydrogens (tertiary/aromatic N) is 3. The van der Waals surface area contributed by atoms with Gasteiger partial charge in [0, 0.05) is 50.4 Å². The molecule has 3 heterocycles. The molecule has 1 aliphatic rings. The third-order valence-corrected chi connectivity index (χ3v) is 6.25. The molecule has 1 saturated heterocycles. The lowest BCUT2D eigenvalue weighted by Crippen LogP contribution is -2.33. The quantitative estimate of drug-likeness (QED) is 0.470. The van der Waals surface area contributed by atoms with Crippen LogP contribution < -0.4 is 10.6 Å². The first-order chi connectivity index (χ1) is 16.1. The number of pyridine rings is 1. The molecule has 2 aromatic heterocycles. The average molecular weight is 464 g/mol. The molecular weight excluding hydrogens is 434 g/mol. The average Bonchev–Trinajstić information content (AvgIpc) is 3.42. The van der Waals surface area contributed by atoms with Crippen molar-refractivity contribution in [2.45, 2.75) is 32.0 Å². The normalized spacial score (nSPS) is 17.8. The van der Waals surface area contributed by atoms with E-state index in [0.717, 1.165) is 29.2 Å². The van der Waals surface area contributed by atoms with Gasteiger partial charge in [-0.3, -0.25) is 9.78 Å². The van der Waals surface area contributed by atoms with Crippen molar-refractivity contribution in [1.82, 2.24) is 19.8 Å². The highest BCUT2D eigenvalue weighted by molar-refractivity contribution is 7.80. The van der Waals surface area contributed by atoms with Gasteiger partial charge in [0.25, 0.3) is 0 Å². The first-order valence-corrected chi connectivity index (χ1v) is 11.5. The van der Waals surface area contributed by atoms with Gasteiger partial charge >= 0.3 is 0 Å². The number of aryl methyl sites for hydroxylation is 1. The SMILES string of the molecule is COCCn1cccc1[C@H]1[C@H](c2ccccn2)NC(=S)N1CCC(=O)Nc1ccccc1C. The van der Waals surface area contributed by atoms with Gasteiger partial charge in [0.2, 0.25) is 5.91 Å². The highest BCUT2D eigenvalue weighted by Crippen LogP contribution is 2.38. The van der Waals surface area contributed by atoms with E-state index < -0.39 is 0 Å². The zero-order valence-corrected chi connectivity index (χ0v) is 19.7. The standard InChI is InChI=1S/C25H29N5O2S/c1-18-8-3-4-9-19(18)27-22(31)12-15-30-24(21-11-7-14-29(21)16-17-32-2)23(28-25(30)33)20-10-5-6-13-26-20/h3-11,13-14,23-24H,12,15-17H2,1-2H3,(H,27,31)(H,28,33)/t23-,24-/m0/s1. The fourth-order valence-electron chi connectivity index (χ4n) is 4.20. The lowest BCUT2D eigenvalue weighted by Gasteiger charge is -2.28. The van der Waals surface area contributed by atoms with Gasteiger partial charge in [-0.05, 0) is 55.0 Å². The van der Waals surface area contributed by atoms with Crippen molar-refractivity contribution in [3.8, 4) is 0 Å². The number of nitrogens with one attached hydrogen (secondary N) is 2. The van der Waals surface area contributed by atoms with E-state index >= 15 is 0 Å². The number of hydrogen-bond donors (Lipinski definition) is 2. The number of aromatic nitrogens is 2. The van der Waals surface area contributed by atoms with Crippen LogP contribution in [0.25, 0.3) is 0 Å². The molecule has 33 heavy (non-hydrogen) atoms. The minimum atomic E-state index is -0.116. The summed E-state index contributed by atoms with van der Waals surface area (Å²) in [7, 11) is 1.70. The number of rotatable bonds is 9. The highest BCUT2D eigenvalue weighted by atomic mass is 32.1. The number of para-hydroxylation sites is 1. The maximum Gasteiger partial charge on any atom is 0.226 e. The van der Waals surface area contributed by atoms with E-state index in [0.29, 0.717) is 24.7 Å². The zero-order valence-electron chi connectivity index (χ0n) is 18.9. The zero-order chi connectivity index (χ0) is 23.2. The molecular formula is C25H29N5O2S. The Morgan fingerprint density at radius 2 is 1.97 bits per heavy atom. The van der Waals surface area contributed by atoms with Gasteiger partial charge in [-0.2, -0.15) is 0 Å². The molecule has 0 bridgehead atoms. The van der Waals surface area contributed by atoms with Crippen molar-refractivity contribution < 1.29 is 9.53 Å². The van der Waals surface area contributed by atoms with Crippen LogP contribution in [-0.4, -0.2) is 45.7 Å². The Hall–Kier alpha value is -3.23. The molecule has 2 atom stereocenters. The first-order valence-electron chi connectivity index (χ1n) is 11.1. The molecule has 1 aromatic carbocycles. The molecule has 0 radical (unpaired) electrons. The topological polar surface area (TPSA) is 71.4 Å². The summed E-state index contributed by atoms with van der Waals surface area (Å²) < 4.78 is 7.48.